The summed E-state index contributed by atoms with van der Waals surface area (Å²) in [6.45, 7) is 2.92. The Balaban J connectivity index is 2.29. The van der Waals surface area contributed by atoms with E-state index in [-0.39, 0.29) is 6.54 Å². The van der Waals surface area contributed by atoms with Gasteiger partial charge in [0.15, 0.2) is 5.60 Å². The van der Waals surface area contributed by atoms with Crippen LogP contribution in [0, 0.1) is 6.92 Å². The monoisotopic (exact) mass is 313 g/mol. The molecule has 1 aliphatic heterocycles. The van der Waals surface area contributed by atoms with Crippen LogP contribution in [-0.2, 0) is 4.79 Å². The third-order valence-corrected chi connectivity index (χ3v) is 4.27. The second-order valence-corrected chi connectivity index (χ2v) is 5.48. The fourth-order valence-corrected chi connectivity index (χ4v) is 2.65. The summed E-state index contributed by atoms with van der Waals surface area (Å²) in [6, 6.07) is 1.90. The van der Waals surface area contributed by atoms with Gasteiger partial charge in [0.05, 0.1) is 11.0 Å². The van der Waals surface area contributed by atoms with Crippen LogP contribution in [0.5, 0.6) is 0 Å². The van der Waals surface area contributed by atoms with Crippen LogP contribution < -0.4 is 10.6 Å². The molecular formula is C12H16BrN3O2. The van der Waals surface area contributed by atoms with Gasteiger partial charge in [0.25, 0.3) is 5.91 Å². The van der Waals surface area contributed by atoms with Crippen LogP contribution in [0.2, 0.25) is 0 Å². The number of rotatable bonds is 2. The molecular weight excluding hydrogens is 298 g/mol. The second kappa shape index (κ2) is 4.85. The molecule has 0 spiro atoms. The van der Waals surface area contributed by atoms with Crippen LogP contribution in [-0.4, -0.2) is 34.7 Å². The van der Waals surface area contributed by atoms with Gasteiger partial charge >= 0.3 is 0 Å². The van der Waals surface area contributed by atoms with Gasteiger partial charge in [-0.3, -0.25) is 4.79 Å². The van der Waals surface area contributed by atoms with E-state index in [1.807, 2.05) is 17.9 Å². The second-order valence-electron chi connectivity index (χ2n) is 4.69. The molecule has 2 heterocycles. The lowest BCUT2D eigenvalue weighted by atomic mass is 9.92. The first kappa shape index (κ1) is 13.3. The van der Waals surface area contributed by atoms with Crippen molar-refractivity contribution >= 4 is 27.7 Å². The van der Waals surface area contributed by atoms with Gasteiger partial charge in [-0.2, -0.15) is 0 Å². The van der Waals surface area contributed by atoms with Gasteiger partial charge in [-0.15, -0.1) is 0 Å². The molecule has 18 heavy (non-hydrogen) atoms. The smallest absolute Gasteiger partial charge is 0.251 e. The Morgan fingerprint density at radius 2 is 2.39 bits per heavy atom. The summed E-state index contributed by atoms with van der Waals surface area (Å²) in [5, 5.41) is 10.2. The summed E-state index contributed by atoms with van der Waals surface area (Å²) in [6.07, 6.45) is 2.83. The van der Waals surface area contributed by atoms with E-state index in [4.69, 9.17) is 5.73 Å². The lowest BCUT2D eigenvalue weighted by molar-refractivity contribution is -0.137. The zero-order valence-electron chi connectivity index (χ0n) is 10.2. The number of carbonyl (C=O) groups is 1. The number of anilines is 1. The molecule has 0 saturated carbocycles. The maximum absolute atomic E-state index is 11.3. The molecule has 98 valence electrons. The van der Waals surface area contributed by atoms with E-state index in [0.29, 0.717) is 12.8 Å². The molecule has 1 aromatic heterocycles. The molecule has 0 radical (unpaired) electrons. The first-order valence-corrected chi connectivity index (χ1v) is 6.62. The van der Waals surface area contributed by atoms with Crippen molar-refractivity contribution in [1.29, 1.82) is 0 Å². The molecule has 0 bridgehead atoms. The van der Waals surface area contributed by atoms with Crippen molar-refractivity contribution in [3.05, 3.63) is 22.3 Å². The first-order chi connectivity index (χ1) is 8.44. The maximum atomic E-state index is 11.3. The highest BCUT2D eigenvalue weighted by Gasteiger charge is 2.39. The number of hydrogen-bond acceptors (Lipinski definition) is 4. The van der Waals surface area contributed by atoms with Gasteiger partial charge in [-0.05, 0) is 47.3 Å². The molecule has 5 nitrogen and oxygen atoms in total. The topological polar surface area (TPSA) is 79.4 Å². The number of pyridine rings is 1. The molecule has 3 N–H and O–H groups in total. The standard InChI is InChI=1S/C12H16BrN3O2/c1-8-3-5-15-10(9(8)13)16-6-2-4-12(18,7-16)11(14)17/h3,5,18H,2,4,6-7H2,1H3,(H2,14,17)/t12-/m0/s1. The predicted molar refractivity (Wildman–Crippen MR) is 72.3 cm³/mol. The highest BCUT2D eigenvalue weighted by Crippen LogP contribution is 2.31. The molecule has 0 aromatic carbocycles. The van der Waals surface area contributed by atoms with E-state index in [1.54, 1.807) is 6.20 Å². The Kier molecular flexibility index (Phi) is 3.59. The van der Waals surface area contributed by atoms with E-state index >= 15 is 0 Å². The molecule has 1 amide bonds. The number of amides is 1. The van der Waals surface area contributed by atoms with Crippen LogP contribution in [0.4, 0.5) is 5.82 Å². The van der Waals surface area contributed by atoms with Crippen LogP contribution >= 0.6 is 15.9 Å². The molecule has 0 unspecified atom stereocenters. The number of nitrogens with zero attached hydrogens (tertiary/aromatic N) is 2. The quantitative estimate of drug-likeness (QED) is 0.852. The van der Waals surface area contributed by atoms with E-state index in [2.05, 4.69) is 20.9 Å². The van der Waals surface area contributed by atoms with Crippen LogP contribution in [0.25, 0.3) is 0 Å². The Labute approximate surface area is 114 Å². The minimum absolute atomic E-state index is 0.192. The predicted octanol–water partition coefficient (Wildman–Crippen LogP) is 0.969. The van der Waals surface area contributed by atoms with E-state index in [0.717, 1.165) is 22.4 Å². The van der Waals surface area contributed by atoms with Crippen molar-refractivity contribution in [1.82, 2.24) is 4.98 Å². The number of aromatic nitrogens is 1. The number of aliphatic hydroxyl groups is 1. The average Bonchev–Trinajstić information content (AvgIpc) is 2.32. The Hall–Kier alpha value is -1.14. The van der Waals surface area contributed by atoms with Gasteiger partial charge in [-0.1, -0.05) is 0 Å². The number of hydrogen-bond donors (Lipinski definition) is 2. The Morgan fingerprint density at radius 3 is 3.06 bits per heavy atom. The maximum Gasteiger partial charge on any atom is 0.251 e. The molecule has 6 heteroatoms. The third kappa shape index (κ3) is 2.35. The Morgan fingerprint density at radius 1 is 1.67 bits per heavy atom. The third-order valence-electron chi connectivity index (χ3n) is 3.29. The van der Waals surface area contributed by atoms with Gasteiger partial charge in [0, 0.05) is 12.7 Å². The molecule has 1 aromatic rings. The van der Waals surface area contributed by atoms with Crippen molar-refractivity contribution < 1.29 is 9.90 Å². The van der Waals surface area contributed by atoms with Crippen LogP contribution in [0.15, 0.2) is 16.7 Å². The summed E-state index contributed by atoms with van der Waals surface area (Å²) < 4.78 is 0.888. The van der Waals surface area contributed by atoms with Crippen molar-refractivity contribution in [2.45, 2.75) is 25.4 Å². The number of aryl methyl sites for hydroxylation is 1. The molecule has 1 atom stereocenters. The zero-order valence-corrected chi connectivity index (χ0v) is 11.8. The highest BCUT2D eigenvalue weighted by molar-refractivity contribution is 9.10. The summed E-state index contributed by atoms with van der Waals surface area (Å²) in [7, 11) is 0. The minimum Gasteiger partial charge on any atom is -0.378 e. The van der Waals surface area contributed by atoms with Crippen molar-refractivity contribution in [2.24, 2.45) is 5.73 Å². The van der Waals surface area contributed by atoms with E-state index in [9.17, 15) is 9.90 Å². The van der Waals surface area contributed by atoms with Gasteiger partial charge in [-0.25, -0.2) is 4.98 Å². The van der Waals surface area contributed by atoms with Crippen LogP contribution in [0.3, 0.4) is 0 Å². The molecule has 2 rings (SSSR count). The lowest BCUT2D eigenvalue weighted by Gasteiger charge is -2.38. The van der Waals surface area contributed by atoms with Crippen molar-refractivity contribution in [2.75, 3.05) is 18.0 Å². The highest BCUT2D eigenvalue weighted by atomic mass is 79.9. The fraction of sp³-hybridized carbons (Fsp3) is 0.500. The molecule has 1 saturated heterocycles. The molecule has 0 aliphatic carbocycles. The number of piperidine rings is 1. The van der Waals surface area contributed by atoms with Crippen LogP contribution in [0.1, 0.15) is 18.4 Å². The van der Waals surface area contributed by atoms with Gasteiger partial charge in [0.2, 0.25) is 0 Å². The van der Waals surface area contributed by atoms with E-state index in [1.165, 1.54) is 0 Å². The molecule has 1 fully saturated rings. The SMILES string of the molecule is Cc1ccnc(N2CCC[C@@](O)(C(N)=O)C2)c1Br. The lowest BCUT2D eigenvalue weighted by Crippen LogP contribution is -2.56. The number of primary amides is 1. The van der Waals surface area contributed by atoms with Crippen molar-refractivity contribution in [3.8, 4) is 0 Å². The Bertz CT molecular complexity index is 480. The normalized spacial score (nSPS) is 24.1. The summed E-state index contributed by atoms with van der Waals surface area (Å²) in [5.41, 5.74) is 4.87. The minimum atomic E-state index is -1.46. The number of halogens is 1. The summed E-state index contributed by atoms with van der Waals surface area (Å²) in [4.78, 5) is 17.5. The first-order valence-electron chi connectivity index (χ1n) is 5.82. The summed E-state index contributed by atoms with van der Waals surface area (Å²) in [5.74, 6) is 0.0744. The fourth-order valence-electron chi connectivity index (χ4n) is 2.16. The van der Waals surface area contributed by atoms with Gasteiger partial charge in [0.1, 0.15) is 5.82 Å². The number of carbonyl (C=O) groups excluding carboxylic acids is 1. The number of nitrogens with two attached hydrogens (primary N) is 1. The van der Waals surface area contributed by atoms with Gasteiger partial charge < -0.3 is 15.7 Å². The number of β-amino-alcohol motifs (C(OH)–C–C–N with tert-alkyl or cyclic N) is 1. The van der Waals surface area contributed by atoms with Crippen molar-refractivity contribution in [3.63, 3.8) is 0 Å². The zero-order chi connectivity index (χ0) is 13.3. The molecule has 1 aliphatic rings. The largest absolute Gasteiger partial charge is 0.378 e. The summed E-state index contributed by atoms with van der Waals surface area (Å²) >= 11 is 3.49. The van der Waals surface area contributed by atoms with E-state index < -0.39 is 11.5 Å². The average molecular weight is 314 g/mol.